The molecule has 148 valence electrons. The summed E-state index contributed by atoms with van der Waals surface area (Å²) in [6.07, 6.45) is 1.28. The Morgan fingerprint density at radius 3 is 2.14 bits per heavy atom. The summed E-state index contributed by atoms with van der Waals surface area (Å²) in [4.78, 5) is 27.5. The van der Waals surface area contributed by atoms with E-state index in [2.05, 4.69) is 0 Å². The van der Waals surface area contributed by atoms with Gasteiger partial charge in [0.1, 0.15) is 5.75 Å². The molecule has 0 spiro atoms. The molecule has 1 saturated heterocycles. The summed E-state index contributed by atoms with van der Waals surface area (Å²) in [5.41, 5.74) is 1.15. The lowest BCUT2D eigenvalue weighted by atomic mass is 9.88. The van der Waals surface area contributed by atoms with Crippen LogP contribution in [0, 0.1) is 5.92 Å². The summed E-state index contributed by atoms with van der Waals surface area (Å²) in [7, 11) is 4.66. The minimum absolute atomic E-state index is 0.0790. The largest absolute Gasteiger partial charge is 0.497 e. The highest BCUT2D eigenvalue weighted by atomic mass is 16.5. The molecule has 1 amide bonds. The Kier molecular flexibility index (Phi) is 6.19. The summed E-state index contributed by atoms with van der Waals surface area (Å²) < 4.78 is 15.8. The van der Waals surface area contributed by atoms with Crippen molar-refractivity contribution in [1.29, 1.82) is 0 Å². The molecular formula is C22H25NO5. The Bertz CT molecular complexity index is 839. The molecule has 0 aromatic heterocycles. The molecule has 0 radical (unpaired) electrons. The van der Waals surface area contributed by atoms with Crippen LogP contribution < -0.4 is 14.2 Å². The average Bonchev–Trinajstić information content (AvgIpc) is 2.77. The summed E-state index contributed by atoms with van der Waals surface area (Å²) in [6.45, 7) is 1.07. The van der Waals surface area contributed by atoms with E-state index in [9.17, 15) is 9.59 Å². The SMILES string of the molecule is COc1ccc(C(=O)C2CCN(C(=O)c3cccc(OC)c3OC)CC2)cc1. The normalized spacial score (nSPS) is 14.5. The maximum atomic E-state index is 13.0. The second kappa shape index (κ2) is 8.78. The summed E-state index contributed by atoms with van der Waals surface area (Å²) in [6, 6.07) is 12.4. The number of likely N-dealkylation sites (tertiary alicyclic amines) is 1. The molecular weight excluding hydrogens is 358 g/mol. The molecule has 3 rings (SSSR count). The Labute approximate surface area is 165 Å². The number of Topliss-reactive ketones (excluding diaryl/α,β-unsaturated/α-hetero) is 1. The van der Waals surface area contributed by atoms with Crippen molar-refractivity contribution in [1.82, 2.24) is 4.90 Å². The smallest absolute Gasteiger partial charge is 0.257 e. The summed E-state index contributed by atoms with van der Waals surface area (Å²) in [5, 5.41) is 0. The molecule has 1 aliphatic rings. The quantitative estimate of drug-likeness (QED) is 0.715. The molecule has 0 atom stereocenters. The number of methoxy groups -OCH3 is 3. The molecule has 0 N–H and O–H groups in total. The van der Waals surface area contributed by atoms with Crippen LogP contribution in [0.15, 0.2) is 42.5 Å². The van der Waals surface area contributed by atoms with E-state index in [0.717, 1.165) is 5.75 Å². The van der Waals surface area contributed by atoms with Gasteiger partial charge < -0.3 is 19.1 Å². The molecule has 2 aromatic carbocycles. The Balaban J connectivity index is 1.66. The van der Waals surface area contributed by atoms with E-state index in [1.165, 1.54) is 7.11 Å². The minimum Gasteiger partial charge on any atom is -0.497 e. The van der Waals surface area contributed by atoms with Gasteiger partial charge in [-0.2, -0.15) is 0 Å². The van der Waals surface area contributed by atoms with Gasteiger partial charge in [-0.1, -0.05) is 6.07 Å². The molecule has 6 nitrogen and oxygen atoms in total. The van der Waals surface area contributed by atoms with Crippen LogP contribution >= 0.6 is 0 Å². The van der Waals surface area contributed by atoms with Gasteiger partial charge in [0.05, 0.1) is 26.9 Å². The number of ketones is 1. The zero-order valence-corrected chi connectivity index (χ0v) is 16.4. The zero-order chi connectivity index (χ0) is 20.1. The van der Waals surface area contributed by atoms with E-state index in [4.69, 9.17) is 14.2 Å². The predicted octanol–water partition coefficient (Wildman–Crippen LogP) is 3.45. The number of ether oxygens (including phenoxy) is 3. The molecule has 0 saturated carbocycles. The highest BCUT2D eigenvalue weighted by molar-refractivity contribution is 5.99. The fourth-order valence-corrected chi connectivity index (χ4v) is 3.56. The molecule has 0 aliphatic carbocycles. The van der Waals surface area contributed by atoms with Crippen molar-refractivity contribution >= 4 is 11.7 Å². The number of nitrogens with zero attached hydrogens (tertiary/aromatic N) is 1. The van der Waals surface area contributed by atoms with Crippen molar-refractivity contribution in [2.45, 2.75) is 12.8 Å². The van der Waals surface area contributed by atoms with Gasteiger partial charge in [0.2, 0.25) is 0 Å². The van der Waals surface area contributed by atoms with Gasteiger partial charge >= 0.3 is 0 Å². The first-order chi connectivity index (χ1) is 13.6. The molecule has 6 heteroatoms. The van der Waals surface area contributed by atoms with Crippen molar-refractivity contribution in [3.05, 3.63) is 53.6 Å². The van der Waals surface area contributed by atoms with Crippen LogP contribution in [0.5, 0.6) is 17.2 Å². The van der Waals surface area contributed by atoms with Crippen molar-refractivity contribution in [3.8, 4) is 17.2 Å². The number of amides is 1. The van der Waals surface area contributed by atoms with Gasteiger partial charge in [0, 0.05) is 24.6 Å². The van der Waals surface area contributed by atoms with Gasteiger partial charge in [-0.15, -0.1) is 0 Å². The first-order valence-corrected chi connectivity index (χ1v) is 9.27. The number of piperidine rings is 1. The number of para-hydroxylation sites is 1. The Morgan fingerprint density at radius 2 is 1.57 bits per heavy atom. The van der Waals surface area contributed by atoms with Crippen LogP contribution in [0.25, 0.3) is 0 Å². The monoisotopic (exact) mass is 383 g/mol. The maximum absolute atomic E-state index is 13.0. The van der Waals surface area contributed by atoms with E-state index in [-0.39, 0.29) is 17.6 Å². The van der Waals surface area contributed by atoms with Crippen LogP contribution in [-0.4, -0.2) is 51.0 Å². The highest BCUT2D eigenvalue weighted by Gasteiger charge is 2.30. The fraction of sp³-hybridized carbons (Fsp3) is 0.364. The van der Waals surface area contributed by atoms with E-state index in [1.54, 1.807) is 61.6 Å². The third-order valence-electron chi connectivity index (χ3n) is 5.16. The van der Waals surface area contributed by atoms with E-state index >= 15 is 0 Å². The number of carbonyl (C=O) groups is 2. The third-order valence-corrected chi connectivity index (χ3v) is 5.16. The Hall–Kier alpha value is -3.02. The first kappa shape index (κ1) is 19.7. The average molecular weight is 383 g/mol. The van der Waals surface area contributed by atoms with E-state index in [1.807, 2.05) is 0 Å². The second-order valence-electron chi connectivity index (χ2n) is 6.70. The van der Waals surface area contributed by atoms with Crippen molar-refractivity contribution in [2.75, 3.05) is 34.4 Å². The second-order valence-corrected chi connectivity index (χ2v) is 6.70. The van der Waals surface area contributed by atoms with Gasteiger partial charge in [0.25, 0.3) is 5.91 Å². The number of carbonyl (C=O) groups excluding carboxylic acids is 2. The highest BCUT2D eigenvalue weighted by Crippen LogP contribution is 2.32. The molecule has 1 fully saturated rings. The van der Waals surface area contributed by atoms with Crippen LogP contribution in [0.2, 0.25) is 0 Å². The fourth-order valence-electron chi connectivity index (χ4n) is 3.56. The zero-order valence-electron chi connectivity index (χ0n) is 16.4. The van der Waals surface area contributed by atoms with E-state index in [0.29, 0.717) is 48.6 Å². The Morgan fingerprint density at radius 1 is 0.893 bits per heavy atom. The first-order valence-electron chi connectivity index (χ1n) is 9.27. The van der Waals surface area contributed by atoms with Crippen LogP contribution in [0.3, 0.4) is 0 Å². The minimum atomic E-state index is -0.105. The van der Waals surface area contributed by atoms with Gasteiger partial charge in [-0.05, 0) is 49.2 Å². The summed E-state index contributed by atoms with van der Waals surface area (Å²) in [5.74, 6) is 1.62. The van der Waals surface area contributed by atoms with Crippen molar-refractivity contribution in [2.24, 2.45) is 5.92 Å². The van der Waals surface area contributed by atoms with Crippen LogP contribution in [-0.2, 0) is 0 Å². The number of rotatable bonds is 6. The predicted molar refractivity (Wildman–Crippen MR) is 105 cm³/mol. The number of benzene rings is 2. The number of hydrogen-bond donors (Lipinski definition) is 0. The van der Waals surface area contributed by atoms with Gasteiger partial charge in [-0.25, -0.2) is 0 Å². The standard InChI is InChI=1S/C22H25NO5/c1-26-17-9-7-15(8-10-17)20(24)16-11-13-23(14-12-16)22(25)18-5-4-6-19(27-2)21(18)28-3/h4-10,16H,11-14H2,1-3H3. The third kappa shape index (κ3) is 3.96. The molecule has 0 bridgehead atoms. The molecule has 28 heavy (non-hydrogen) atoms. The number of hydrogen-bond acceptors (Lipinski definition) is 5. The molecule has 1 heterocycles. The molecule has 1 aliphatic heterocycles. The summed E-state index contributed by atoms with van der Waals surface area (Å²) >= 11 is 0. The van der Waals surface area contributed by atoms with Crippen LogP contribution in [0.4, 0.5) is 0 Å². The topological polar surface area (TPSA) is 65.1 Å². The van der Waals surface area contributed by atoms with E-state index < -0.39 is 0 Å². The van der Waals surface area contributed by atoms with Crippen LogP contribution in [0.1, 0.15) is 33.6 Å². The van der Waals surface area contributed by atoms with Crippen molar-refractivity contribution < 1.29 is 23.8 Å². The molecule has 0 unspecified atom stereocenters. The lowest BCUT2D eigenvalue weighted by Crippen LogP contribution is -2.40. The lowest BCUT2D eigenvalue weighted by molar-refractivity contribution is 0.0647. The van der Waals surface area contributed by atoms with Gasteiger partial charge in [0.15, 0.2) is 17.3 Å². The van der Waals surface area contributed by atoms with Crippen molar-refractivity contribution in [3.63, 3.8) is 0 Å². The lowest BCUT2D eigenvalue weighted by Gasteiger charge is -2.31. The maximum Gasteiger partial charge on any atom is 0.257 e. The molecule has 2 aromatic rings. The van der Waals surface area contributed by atoms with Gasteiger partial charge in [-0.3, -0.25) is 9.59 Å².